The third-order valence-corrected chi connectivity index (χ3v) is 1.57. The van der Waals surface area contributed by atoms with E-state index in [9.17, 15) is 0 Å². The molecule has 0 N–H and O–H groups in total. The molecule has 13 heavy (non-hydrogen) atoms. The summed E-state index contributed by atoms with van der Waals surface area (Å²) in [7, 11) is 0. The molecular formula is C9H13Cl3Ti. The number of hydrogen-bond acceptors (Lipinski definition) is 0. The fraction of sp³-hybridized carbons (Fsp3) is 0.556. The predicted octanol–water partition coefficient (Wildman–Crippen LogP) is -6.12. The molecule has 0 unspecified atom stereocenters. The molecule has 0 bridgehead atoms. The van der Waals surface area contributed by atoms with Crippen molar-refractivity contribution in [3.05, 3.63) is 23.8 Å². The molecule has 0 amide bonds. The van der Waals surface area contributed by atoms with Crippen LogP contribution in [0.1, 0.15) is 32.6 Å². The van der Waals surface area contributed by atoms with Crippen molar-refractivity contribution >= 4 is 0 Å². The number of halogens is 3. The first-order valence-electron chi connectivity index (χ1n) is 3.69. The minimum absolute atomic E-state index is 0. The Kier molecular flexibility index (Phi) is 28.3. The Labute approximate surface area is 115 Å². The molecule has 1 rings (SSSR count). The molecule has 0 aromatic heterocycles. The number of unbranched alkanes of at least 4 members (excludes halogenated alkanes) is 1. The van der Waals surface area contributed by atoms with Gasteiger partial charge in [0, 0.05) is 0 Å². The Hall–Kier alpha value is 1.06. The molecular weight excluding hydrogens is 262 g/mol. The first-order chi connectivity index (χ1) is 4.43. The summed E-state index contributed by atoms with van der Waals surface area (Å²) < 4.78 is 0. The van der Waals surface area contributed by atoms with Crippen LogP contribution >= 0.6 is 0 Å². The third kappa shape index (κ3) is 11.0. The fourth-order valence-electron chi connectivity index (χ4n) is 0.989. The van der Waals surface area contributed by atoms with E-state index in [4.69, 9.17) is 0 Å². The summed E-state index contributed by atoms with van der Waals surface area (Å²) in [6.07, 6.45) is 12.5. The van der Waals surface area contributed by atoms with Gasteiger partial charge in [0.1, 0.15) is 0 Å². The van der Waals surface area contributed by atoms with E-state index in [2.05, 4.69) is 25.2 Å². The maximum Gasteiger partial charge on any atom is 4.00 e. The smallest absolute Gasteiger partial charge is 1.00 e. The minimum atomic E-state index is 0. The molecule has 0 heterocycles. The van der Waals surface area contributed by atoms with Crippen LogP contribution < -0.4 is 37.2 Å². The van der Waals surface area contributed by atoms with E-state index in [1.165, 1.54) is 24.8 Å². The van der Waals surface area contributed by atoms with Crippen molar-refractivity contribution in [3.63, 3.8) is 0 Å². The average Bonchev–Trinajstić information content (AvgIpc) is 2.34. The largest absolute Gasteiger partial charge is 4.00 e. The molecule has 0 saturated carbocycles. The summed E-state index contributed by atoms with van der Waals surface area (Å²) >= 11 is 0. The zero-order valence-corrected chi connectivity index (χ0v) is 11.4. The van der Waals surface area contributed by atoms with Crippen molar-refractivity contribution in [2.45, 2.75) is 32.6 Å². The average molecular weight is 275 g/mol. The Bertz CT molecular complexity index is 144. The zero-order chi connectivity index (χ0) is 6.53. The van der Waals surface area contributed by atoms with Crippen molar-refractivity contribution in [1.29, 1.82) is 0 Å². The summed E-state index contributed by atoms with van der Waals surface area (Å²) in [5.41, 5.74) is 1.41. The monoisotopic (exact) mass is 274 g/mol. The van der Waals surface area contributed by atoms with Gasteiger partial charge in [0.2, 0.25) is 0 Å². The van der Waals surface area contributed by atoms with E-state index in [1.807, 2.05) is 0 Å². The summed E-state index contributed by atoms with van der Waals surface area (Å²) in [6.45, 7) is 2.22. The Balaban J connectivity index is -0.000000101. The van der Waals surface area contributed by atoms with Crippen LogP contribution in [0.5, 0.6) is 0 Å². The van der Waals surface area contributed by atoms with Crippen LogP contribution in [0.3, 0.4) is 0 Å². The SMILES string of the molecule is CCCCC1=[C-]CC=C1.[Cl-].[Cl-].[Cl-].[Ti+4]. The molecule has 0 nitrogen and oxygen atoms in total. The summed E-state index contributed by atoms with van der Waals surface area (Å²) in [6, 6.07) is 0. The minimum Gasteiger partial charge on any atom is -1.00 e. The zero-order valence-electron chi connectivity index (χ0n) is 7.62. The van der Waals surface area contributed by atoms with Gasteiger partial charge in [0.25, 0.3) is 0 Å². The standard InChI is InChI=1S/C9H13.3ClH.Ti/c1-2-3-6-9-7-4-5-8-9;;;;/h4,7H,2-3,5-6H2,1H3;3*1H;/q-1;;;;+4/p-3. The van der Waals surface area contributed by atoms with Crippen molar-refractivity contribution in [2.24, 2.45) is 0 Å². The van der Waals surface area contributed by atoms with Crippen molar-refractivity contribution < 1.29 is 58.9 Å². The Morgan fingerprint density at radius 1 is 1.31 bits per heavy atom. The van der Waals surface area contributed by atoms with E-state index in [0.717, 1.165) is 6.42 Å². The van der Waals surface area contributed by atoms with Crippen LogP contribution in [0.15, 0.2) is 17.7 Å². The van der Waals surface area contributed by atoms with Gasteiger partial charge in [0.15, 0.2) is 0 Å². The van der Waals surface area contributed by atoms with Crippen LogP contribution in [0.25, 0.3) is 0 Å². The van der Waals surface area contributed by atoms with E-state index in [0.29, 0.717) is 0 Å². The van der Waals surface area contributed by atoms with Crippen molar-refractivity contribution in [2.75, 3.05) is 0 Å². The van der Waals surface area contributed by atoms with Crippen LogP contribution in [-0.4, -0.2) is 0 Å². The second-order valence-corrected chi connectivity index (χ2v) is 2.41. The maximum absolute atomic E-state index is 3.30. The van der Waals surface area contributed by atoms with E-state index < -0.39 is 0 Å². The molecule has 4 heteroatoms. The second kappa shape index (κ2) is 15.5. The van der Waals surface area contributed by atoms with Crippen LogP contribution in [-0.2, 0) is 21.7 Å². The van der Waals surface area contributed by atoms with Crippen LogP contribution in [0, 0.1) is 6.08 Å². The first-order valence-corrected chi connectivity index (χ1v) is 3.69. The van der Waals surface area contributed by atoms with Gasteiger partial charge in [-0.05, 0) is 0 Å². The molecule has 0 fully saturated rings. The Morgan fingerprint density at radius 3 is 2.31 bits per heavy atom. The topological polar surface area (TPSA) is 0 Å². The van der Waals surface area contributed by atoms with Gasteiger partial charge in [-0.15, -0.1) is 6.42 Å². The predicted molar refractivity (Wildman–Crippen MR) is 40.0 cm³/mol. The molecule has 0 aliphatic heterocycles. The van der Waals surface area contributed by atoms with Crippen molar-refractivity contribution in [1.82, 2.24) is 0 Å². The fourth-order valence-corrected chi connectivity index (χ4v) is 0.989. The molecule has 1 aliphatic rings. The third-order valence-electron chi connectivity index (χ3n) is 1.57. The maximum atomic E-state index is 3.30. The summed E-state index contributed by atoms with van der Waals surface area (Å²) in [5, 5.41) is 0. The van der Waals surface area contributed by atoms with Crippen LogP contribution in [0.2, 0.25) is 0 Å². The number of rotatable bonds is 3. The number of allylic oxidation sites excluding steroid dienone is 4. The van der Waals surface area contributed by atoms with E-state index in [1.54, 1.807) is 0 Å². The molecule has 0 aromatic rings. The first kappa shape index (κ1) is 23.7. The normalized spacial score (nSPS) is 11.3. The van der Waals surface area contributed by atoms with Gasteiger partial charge in [-0.2, -0.15) is 6.08 Å². The van der Waals surface area contributed by atoms with E-state index >= 15 is 0 Å². The molecule has 0 spiro atoms. The van der Waals surface area contributed by atoms with Gasteiger partial charge in [-0.1, -0.05) is 26.2 Å². The van der Waals surface area contributed by atoms with Gasteiger partial charge in [-0.3, -0.25) is 6.08 Å². The van der Waals surface area contributed by atoms with E-state index in [-0.39, 0.29) is 58.9 Å². The van der Waals surface area contributed by atoms with Gasteiger partial charge >= 0.3 is 21.7 Å². The molecule has 0 saturated heterocycles. The van der Waals surface area contributed by atoms with Crippen LogP contribution in [0.4, 0.5) is 0 Å². The number of hydrogen-bond donors (Lipinski definition) is 0. The molecule has 0 atom stereocenters. The second-order valence-electron chi connectivity index (χ2n) is 2.41. The molecule has 0 aromatic carbocycles. The van der Waals surface area contributed by atoms with Gasteiger partial charge < -0.3 is 37.2 Å². The van der Waals surface area contributed by atoms with Crippen molar-refractivity contribution in [3.8, 4) is 0 Å². The molecule has 74 valence electrons. The van der Waals surface area contributed by atoms with Gasteiger partial charge in [0.05, 0.1) is 0 Å². The summed E-state index contributed by atoms with van der Waals surface area (Å²) in [5.74, 6) is 0. The molecule has 1 aliphatic carbocycles. The quantitative estimate of drug-likeness (QED) is 0.355. The summed E-state index contributed by atoms with van der Waals surface area (Å²) in [4.78, 5) is 0. The Morgan fingerprint density at radius 2 is 1.92 bits per heavy atom. The molecule has 0 radical (unpaired) electrons. The van der Waals surface area contributed by atoms with Gasteiger partial charge in [-0.25, -0.2) is 11.6 Å².